The summed E-state index contributed by atoms with van der Waals surface area (Å²) in [7, 11) is 2.02. The molecule has 2 unspecified atom stereocenters. The molecule has 5 nitrogen and oxygen atoms in total. The molecule has 0 spiro atoms. The molecule has 19 heavy (non-hydrogen) atoms. The Kier molecular flexibility index (Phi) is 3.89. The first kappa shape index (κ1) is 12.7. The molecule has 0 saturated heterocycles. The van der Waals surface area contributed by atoms with Crippen molar-refractivity contribution in [3.8, 4) is 10.7 Å². The number of thiazole rings is 1. The van der Waals surface area contributed by atoms with Crippen molar-refractivity contribution in [2.75, 3.05) is 7.05 Å². The number of hydrogen-bond acceptors (Lipinski definition) is 6. The fraction of sp³-hybridized carbons (Fsp3) is 0.615. The third kappa shape index (κ3) is 2.69. The summed E-state index contributed by atoms with van der Waals surface area (Å²) in [6.07, 6.45) is 7.89. The van der Waals surface area contributed by atoms with Crippen LogP contribution in [0.2, 0.25) is 0 Å². The van der Waals surface area contributed by atoms with Gasteiger partial charge in [-0.3, -0.25) is 4.98 Å². The summed E-state index contributed by atoms with van der Waals surface area (Å²) >= 11 is 1.53. The van der Waals surface area contributed by atoms with Gasteiger partial charge in [-0.25, -0.2) is 0 Å². The van der Waals surface area contributed by atoms with Gasteiger partial charge < -0.3 is 9.84 Å². The predicted molar refractivity (Wildman–Crippen MR) is 74.1 cm³/mol. The Bertz CT molecular complexity index is 510. The summed E-state index contributed by atoms with van der Waals surface area (Å²) in [4.78, 5) is 9.58. The lowest BCUT2D eigenvalue weighted by Gasteiger charge is -2.20. The Morgan fingerprint density at radius 3 is 3.00 bits per heavy atom. The van der Waals surface area contributed by atoms with Gasteiger partial charge in [-0.15, -0.1) is 11.3 Å². The van der Waals surface area contributed by atoms with Crippen molar-refractivity contribution < 1.29 is 4.52 Å². The van der Waals surface area contributed by atoms with Crippen molar-refractivity contribution in [3.63, 3.8) is 0 Å². The lowest BCUT2D eigenvalue weighted by atomic mass is 9.95. The molecule has 0 radical (unpaired) electrons. The first-order valence-corrected chi connectivity index (χ1v) is 7.66. The van der Waals surface area contributed by atoms with E-state index in [1.807, 2.05) is 7.05 Å². The molecule has 2 heterocycles. The highest BCUT2D eigenvalue weighted by molar-refractivity contribution is 7.13. The molecule has 102 valence electrons. The zero-order chi connectivity index (χ0) is 13.1. The van der Waals surface area contributed by atoms with Crippen LogP contribution in [-0.4, -0.2) is 28.2 Å². The quantitative estimate of drug-likeness (QED) is 0.875. The Balaban J connectivity index is 1.84. The summed E-state index contributed by atoms with van der Waals surface area (Å²) in [5.41, 5.74) is 1.79. The van der Waals surface area contributed by atoms with Gasteiger partial charge >= 0.3 is 0 Å². The zero-order valence-corrected chi connectivity index (χ0v) is 11.8. The van der Waals surface area contributed by atoms with Gasteiger partial charge in [-0.2, -0.15) is 4.98 Å². The summed E-state index contributed by atoms with van der Waals surface area (Å²) in [6, 6.07) is 0.442. The molecule has 1 saturated carbocycles. The summed E-state index contributed by atoms with van der Waals surface area (Å²) in [6.45, 7) is 0. The molecule has 1 aliphatic carbocycles. The number of aromatic nitrogens is 3. The minimum atomic E-state index is 0.335. The predicted octanol–water partition coefficient (Wildman–Crippen LogP) is 2.83. The number of nitrogens with one attached hydrogen (secondary N) is 1. The fourth-order valence-electron chi connectivity index (χ4n) is 2.76. The minimum absolute atomic E-state index is 0.335. The fourth-order valence-corrected chi connectivity index (χ4v) is 3.31. The van der Waals surface area contributed by atoms with Crippen LogP contribution < -0.4 is 5.32 Å². The van der Waals surface area contributed by atoms with Crippen LogP contribution in [0.5, 0.6) is 0 Å². The third-order valence-electron chi connectivity index (χ3n) is 3.80. The normalized spacial score (nSPS) is 24.3. The monoisotopic (exact) mass is 278 g/mol. The van der Waals surface area contributed by atoms with Crippen LogP contribution >= 0.6 is 11.3 Å². The van der Waals surface area contributed by atoms with Crippen molar-refractivity contribution in [2.45, 2.75) is 44.1 Å². The van der Waals surface area contributed by atoms with Gasteiger partial charge in [0.25, 0.3) is 0 Å². The molecule has 1 fully saturated rings. The second-order valence-electron chi connectivity index (χ2n) is 4.96. The van der Waals surface area contributed by atoms with Crippen LogP contribution in [0, 0.1) is 0 Å². The first-order chi connectivity index (χ1) is 9.38. The van der Waals surface area contributed by atoms with Gasteiger partial charge in [0.15, 0.2) is 0 Å². The number of hydrogen-bond donors (Lipinski definition) is 1. The van der Waals surface area contributed by atoms with E-state index in [0.717, 1.165) is 17.2 Å². The molecule has 0 aromatic carbocycles. The van der Waals surface area contributed by atoms with Crippen LogP contribution in [0.25, 0.3) is 10.7 Å². The van der Waals surface area contributed by atoms with Crippen molar-refractivity contribution >= 4 is 11.3 Å². The van der Waals surface area contributed by atoms with E-state index < -0.39 is 0 Å². The van der Waals surface area contributed by atoms with E-state index in [1.165, 1.54) is 37.0 Å². The molecule has 6 heteroatoms. The van der Waals surface area contributed by atoms with E-state index in [9.17, 15) is 0 Å². The maximum Gasteiger partial charge on any atom is 0.231 e. The molecule has 0 bridgehead atoms. The van der Waals surface area contributed by atoms with Crippen LogP contribution in [0.3, 0.4) is 0 Å². The van der Waals surface area contributed by atoms with Crippen LogP contribution in [0.15, 0.2) is 16.2 Å². The summed E-state index contributed by atoms with van der Waals surface area (Å²) in [5.74, 6) is 1.77. The van der Waals surface area contributed by atoms with Crippen molar-refractivity contribution in [3.05, 3.63) is 17.6 Å². The maximum absolute atomic E-state index is 5.49. The molecular weight excluding hydrogens is 260 g/mol. The van der Waals surface area contributed by atoms with Gasteiger partial charge in [0.1, 0.15) is 0 Å². The van der Waals surface area contributed by atoms with E-state index in [2.05, 4.69) is 20.4 Å². The smallest absolute Gasteiger partial charge is 0.231 e. The molecule has 2 aromatic heterocycles. The molecule has 1 aliphatic rings. The molecule has 0 amide bonds. The van der Waals surface area contributed by atoms with E-state index in [4.69, 9.17) is 4.52 Å². The van der Waals surface area contributed by atoms with Crippen molar-refractivity contribution in [1.82, 2.24) is 20.4 Å². The second-order valence-corrected chi connectivity index (χ2v) is 5.85. The van der Waals surface area contributed by atoms with E-state index >= 15 is 0 Å². The molecule has 2 atom stereocenters. The summed E-state index contributed by atoms with van der Waals surface area (Å²) in [5, 5.41) is 7.49. The highest BCUT2D eigenvalue weighted by Crippen LogP contribution is 2.32. The van der Waals surface area contributed by atoms with E-state index in [1.54, 1.807) is 11.7 Å². The topological polar surface area (TPSA) is 63.8 Å². The number of nitrogens with zero attached hydrogens (tertiary/aromatic N) is 3. The lowest BCUT2D eigenvalue weighted by molar-refractivity contribution is 0.311. The molecule has 2 aromatic rings. The Morgan fingerprint density at radius 2 is 2.21 bits per heavy atom. The SMILES string of the molecule is CNC1CCCCCC1c1nc(-c2cncs2)no1. The average molecular weight is 278 g/mol. The van der Waals surface area contributed by atoms with Gasteiger partial charge in [0.05, 0.1) is 16.3 Å². The Labute approximate surface area is 116 Å². The summed E-state index contributed by atoms with van der Waals surface area (Å²) < 4.78 is 5.49. The first-order valence-electron chi connectivity index (χ1n) is 6.78. The highest BCUT2D eigenvalue weighted by Gasteiger charge is 2.28. The standard InChI is InChI=1S/C13H18N4OS/c1-14-10-6-4-2-3-5-9(10)13-16-12(17-18-13)11-7-15-8-19-11/h7-10,14H,2-6H2,1H3. The van der Waals surface area contributed by atoms with Crippen LogP contribution in [0.4, 0.5) is 0 Å². The van der Waals surface area contributed by atoms with E-state index in [-0.39, 0.29) is 0 Å². The lowest BCUT2D eigenvalue weighted by Crippen LogP contribution is -2.31. The minimum Gasteiger partial charge on any atom is -0.339 e. The molecule has 0 aliphatic heterocycles. The molecule has 3 rings (SSSR count). The van der Waals surface area contributed by atoms with Crippen LogP contribution in [0.1, 0.15) is 43.9 Å². The van der Waals surface area contributed by atoms with Gasteiger partial charge in [0, 0.05) is 12.2 Å². The number of rotatable bonds is 3. The second kappa shape index (κ2) is 5.79. The van der Waals surface area contributed by atoms with Crippen LogP contribution in [-0.2, 0) is 0 Å². The van der Waals surface area contributed by atoms with E-state index in [0.29, 0.717) is 17.8 Å². The largest absolute Gasteiger partial charge is 0.339 e. The zero-order valence-electron chi connectivity index (χ0n) is 11.0. The third-order valence-corrected chi connectivity index (χ3v) is 4.57. The van der Waals surface area contributed by atoms with Crippen molar-refractivity contribution in [2.24, 2.45) is 0 Å². The average Bonchev–Trinajstić information content (AvgIpc) is 3.05. The number of likely N-dealkylation sites (N-methyl/N-ethyl adjacent to an activating group) is 1. The highest BCUT2D eigenvalue weighted by atomic mass is 32.1. The molecule has 1 N–H and O–H groups in total. The maximum atomic E-state index is 5.49. The van der Waals surface area contributed by atoms with Crippen molar-refractivity contribution in [1.29, 1.82) is 0 Å². The molecular formula is C13H18N4OS. The Morgan fingerprint density at radius 1 is 1.32 bits per heavy atom. The van der Waals surface area contributed by atoms with Gasteiger partial charge in [-0.1, -0.05) is 24.4 Å². The van der Waals surface area contributed by atoms with Gasteiger partial charge in [0.2, 0.25) is 11.7 Å². The van der Waals surface area contributed by atoms with Gasteiger partial charge in [-0.05, 0) is 19.9 Å². The Hall–Kier alpha value is -1.27.